The van der Waals surface area contributed by atoms with Crippen molar-refractivity contribution in [2.24, 2.45) is 0 Å². The molecular weight excluding hydrogens is 358 g/mol. The van der Waals surface area contributed by atoms with Gasteiger partial charge in [-0.3, -0.25) is 0 Å². The minimum Gasteiger partial charge on any atom is -0.361 e. The summed E-state index contributed by atoms with van der Waals surface area (Å²) in [5.74, 6) is 0. The molecule has 0 aliphatic carbocycles. The van der Waals surface area contributed by atoms with Gasteiger partial charge in [0.05, 0.1) is 20.9 Å². The van der Waals surface area contributed by atoms with Crippen molar-refractivity contribution in [1.82, 2.24) is 9.97 Å². The van der Waals surface area contributed by atoms with E-state index in [1.165, 1.54) is 21.4 Å². The summed E-state index contributed by atoms with van der Waals surface area (Å²) in [6, 6.07) is 15.2. The minimum atomic E-state index is 0.885. The molecule has 3 nitrogen and oxygen atoms in total. The third kappa shape index (κ3) is 3.79. The molecule has 0 bridgehead atoms. The van der Waals surface area contributed by atoms with Crippen LogP contribution in [0.5, 0.6) is 0 Å². The predicted molar refractivity (Wildman–Crippen MR) is 113 cm³/mol. The third-order valence-electron chi connectivity index (χ3n) is 4.42. The van der Waals surface area contributed by atoms with Gasteiger partial charge in [-0.25, -0.2) is 9.97 Å². The summed E-state index contributed by atoms with van der Waals surface area (Å²) in [4.78, 5) is 9.22. The Morgan fingerprint density at radius 2 is 1.81 bits per heavy atom. The van der Waals surface area contributed by atoms with Crippen molar-refractivity contribution in [3.8, 4) is 11.3 Å². The molecule has 4 aromatic rings. The standard InChI is InChI=1S/C21H21N3S2/c1-3-15-6-9-18-20(12-15)26-21(24-18)22-11-10-16-4-7-17(8-5-16)19-13-25-14(2)23-19/h4-9,12-13H,3,10-11H2,1-2H3,(H,22,24). The number of benzene rings is 2. The average molecular weight is 380 g/mol. The van der Waals surface area contributed by atoms with E-state index >= 15 is 0 Å². The number of thiazole rings is 2. The lowest BCUT2D eigenvalue weighted by Crippen LogP contribution is -2.04. The predicted octanol–water partition coefficient (Wildman–Crippen LogP) is 5.95. The van der Waals surface area contributed by atoms with Crippen molar-refractivity contribution in [1.29, 1.82) is 0 Å². The number of fused-ring (bicyclic) bond motifs is 1. The van der Waals surface area contributed by atoms with E-state index in [2.05, 4.69) is 70.1 Å². The van der Waals surface area contributed by atoms with Crippen molar-refractivity contribution >= 4 is 38.0 Å². The first kappa shape index (κ1) is 17.2. The van der Waals surface area contributed by atoms with Crippen molar-refractivity contribution in [3.05, 3.63) is 64.0 Å². The van der Waals surface area contributed by atoms with Crippen molar-refractivity contribution in [3.63, 3.8) is 0 Å². The fourth-order valence-corrected chi connectivity index (χ4v) is 4.49. The molecule has 26 heavy (non-hydrogen) atoms. The molecule has 0 aliphatic rings. The van der Waals surface area contributed by atoms with Crippen LogP contribution >= 0.6 is 22.7 Å². The van der Waals surface area contributed by atoms with E-state index in [0.29, 0.717) is 0 Å². The van der Waals surface area contributed by atoms with Crippen LogP contribution in [0.4, 0.5) is 5.13 Å². The highest BCUT2D eigenvalue weighted by atomic mass is 32.1. The quantitative estimate of drug-likeness (QED) is 0.450. The van der Waals surface area contributed by atoms with Crippen LogP contribution in [-0.2, 0) is 12.8 Å². The zero-order valence-electron chi connectivity index (χ0n) is 15.0. The molecule has 1 N–H and O–H groups in total. The first-order valence-electron chi connectivity index (χ1n) is 8.86. The molecule has 2 aromatic heterocycles. The van der Waals surface area contributed by atoms with Crippen LogP contribution in [-0.4, -0.2) is 16.5 Å². The van der Waals surface area contributed by atoms with Gasteiger partial charge in [-0.05, 0) is 43.0 Å². The zero-order valence-corrected chi connectivity index (χ0v) is 16.6. The highest BCUT2D eigenvalue weighted by Crippen LogP contribution is 2.27. The lowest BCUT2D eigenvalue weighted by molar-refractivity contribution is 1.02. The van der Waals surface area contributed by atoms with Gasteiger partial charge in [0, 0.05) is 17.5 Å². The second-order valence-corrected chi connectivity index (χ2v) is 8.39. The highest BCUT2D eigenvalue weighted by Gasteiger charge is 2.05. The highest BCUT2D eigenvalue weighted by molar-refractivity contribution is 7.22. The largest absolute Gasteiger partial charge is 0.361 e. The van der Waals surface area contributed by atoms with Crippen LogP contribution < -0.4 is 5.32 Å². The first-order chi connectivity index (χ1) is 12.7. The Balaban J connectivity index is 1.37. The Kier molecular flexibility index (Phi) is 5.00. The number of aryl methyl sites for hydroxylation is 2. The normalized spacial score (nSPS) is 11.2. The number of nitrogens with one attached hydrogen (secondary N) is 1. The fourth-order valence-electron chi connectivity index (χ4n) is 2.92. The Morgan fingerprint density at radius 1 is 1.00 bits per heavy atom. The number of anilines is 1. The number of aromatic nitrogens is 2. The van der Waals surface area contributed by atoms with Crippen LogP contribution in [0.2, 0.25) is 0 Å². The maximum Gasteiger partial charge on any atom is 0.183 e. The summed E-state index contributed by atoms with van der Waals surface area (Å²) < 4.78 is 1.26. The molecule has 2 heterocycles. The van der Waals surface area contributed by atoms with E-state index < -0.39 is 0 Å². The third-order valence-corrected chi connectivity index (χ3v) is 6.17. The van der Waals surface area contributed by atoms with Gasteiger partial charge in [0.1, 0.15) is 0 Å². The van der Waals surface area contributed by atoms with E-state index in [9.17, 15) is 0 Å². The van der Waals surface area contributed by atoms with E-state index in [4.69, 9.17) is 0 Å². The van der Waals surface area contributed by atoms with Gasteiger partial charge in [-0.1, -0.05) is 48.6 Å². The molecule has 4 rings (SSSR count). The lowest BCUT2D eigenvalue weighted by Gasteiger charge is -2.04. The SMILES string of the molecule is CCc1ccc2nc(NCCc3ccc(-c4csc(C)n4)cc3)sc2c1. The minimum absolute atomic E-state index is 0.885. The maximum absolute atomic E-state index is 4.68. The number of hydrogen-bond donors (Lipinski definition) is 1. The summed E-state index contributed by atoms with van der Waals surface area (Å²) in [7, 11) is 0. The Labute approximate surface area is 161 Å². The van der Waals surface area contributed by atoms with Gasteiger partial charge < -0.3 is 5.32 Å². The van der Waals surface area contributed by atoms with E-state index in [-0.39, 0.29) is 0 Å². The molecule has 0 atom stereocenters. The molecule has 0 fully saturated rings. The fraction of sp³-hybridized carbons (Fsp3) is 0.238. The first-order valence-corrected chi connectivity index (χ1v) is 10.6. The van der Waals surface area contributed by atoms with Gasteiger partial charge in [-0.2, -0.15) is 0 Å². The van der Waals surface area contributed by atoms with Crippen LogP contribution in [0.15, 0.2) is 47.8 Å². The summed E-state index contributed by atoms with van der Waals surface area (Å²) in [6.07, 6.45) is 2.04. The molecule has 0 radical (unpaired) electrons. The van der Waals surface area contributed by atoms with Gasteiger partial charge >= 0.3 is 0 Å². The molecular formula is C21H21N3S2. The smallest absolute Gasteiger partial charge is 0.183 e. The van der Waals surface area contributed by atoms with Crippen LogP contribution in [0.25, 0.3) is 21.5 Å². The summed E-state index contributed by atoms with van der Waals surface area (Å²) in [5, 5.41) is 7.69. The van der Waals surface area contributed by atoms with E-state index in [1.54, 1.807) is 22.7 Å². The van der Waals surface area contributed by atoms with Crippen LogP contribution in [0.1, 0.15) is 23.1 Å². The summed E-state index contributed by atoms with van der Waals surface area (Å²) >= 11 is 3.43. The molecule has 0 aliphatic heterocycles. The zero-order chi connectivity index (χ0) is 17.9. The molecule has 0 unspecified atom stereocenters. The Morgan fingerprint density at radius 3 is 2.54 bits per heavy atom. The Bertz CT molecular complexity index is 1020. The average Bonchev–Trinajstić information content (AvgIpc) is 3.27. The second kappa shape index (κ2) is 7.56. The summed E-state index contributed by atoms with van der Waals surface area (Å²) in [5.41, 5.74) is 6.02. The number of rotatable bonds is 6. The molecule has 5 heteroatoms. The number of hydrogen-bond acceptors (Lipinski definition) is 5. The van der Waals surface area contributed by atoms with Crippen molar-refractivity contribution < 1.29 is 0 Å². The van der Waals surface area contributed by atoms with E-state index in [0.717, 1.165) is 40.7 Å². The number of nitrogens with zero attached hydrogens (tertiary/aromatic N) is 2. The lowest BCUT2D eigenvalue weighted by atomic mass is 10.1. The van der Waals surface area contributed by atoms with Crippen LogP contribution in [0.3, 0.4) is 0 Å². The van der Waals surface area contributed by atoms with Gasteiger partial charge in [0.25, 0.3) is 0 Å². The van der Waals surface area contributed by atoms with Gasteiger partial charge in [0.2, 0.25) is 0 Å². The molecule has 0 amide bonds. The molecule has 0 spiro atoms. The van der Waals surface area contributed by atoms with Crippen LogP contribution in [0, 0.1) is 6.92 Å². The monoisotopic (exact) mass is 379 g/mol. The van der Waals surface area contributed by atoms with Gasteiger partial charge in [-0.15, -0.1) is 11.3 Å². The summed E-state index contributed by atoms with van der Waals surface area (Å²) in [6.45, 7) is 5.11. The van der Waals surface area contributed by atoms with Gasteiger partial charge in [0.15, 0.2) is 5.13 Å². The molecule has 132 valence electrons. The maximum atomic E-state index is 4.68. The topological polar surface area (TPSA) is 37.8 Å². The van der Waals surface area contributed by atoms with Crippen molar-refractivity contribution in [2.45, 2.75) is 26.7 Å². The molecule has 2 aromatic carbocycles. The second-order valence-electron chi connectivity index (χ2n) is 6.30. The van der Waals surface area contributed by atoms with E-state index in [1.807, 2.05) is 6.92 Å². The van der Waals surface area contributed by atoms with Crippen molar-refractivity contribution in [2.75, 3.05) is 11.9 Å². The Hall–Kier alpha value is -2.24. The molecule has 0 saturated heterocycles. The molecule has 0 saturated carbocycles.